The highest BCUT2D eigenvalue weighted by Gasteiger charge is 2.52. The summed E-state index contributed by atoms with van der Waals surface area (Å²) < 4.78 is 34.3. The second kappa shape index (κ2) is 18.2. The van der Waals surface area contributed by atoms with Crippen molar-refractivity contribution in [1.82, 2.24) is 24.6 Å². The summed E-state index contributed by atoms with van der Waals surface area (Å²) in [6.07, 6.45) is -1.80. The van der Waals surface area contributed by atoms with E-state index >= 15 is 0 Å². The predicted molar refractivity (Wildman–Crippen MR) is 247 cm³/mol. The summed E-state index contributed by atoms with van der Waals surface area (Å²) in [5.74, 6) is 6.09. The normalized spacial score (nSPS) is 18.8. The van der Waals surface area contributed by atoms with Gasteiger partial charge in [-0.15, -0.1) is 11.5 Å². The number of benzene rings is 3. The Labute approximate surface area is 363 Å². The van der Waals surface area contributed by atoms with E-state index in [1.807, 2.05) is 105 Å². The lowest BCUT2D eigenvalue weighted by Gasteiger charge is -2.40. The molecule has 3 heterocycles. The Morgan fingerprint density at radius 1 is 0.869 bits per heavy atom. The van der Waals surface area contributed by atoms with Gasteiger partial charge in [0, 0.05) is 14.1 Å². The minimum absolute atomic E-state index is 0.0116. The molecule has 4 atom stereocenters. The highest BCUT2D eigenvalue weighted by molar-refractivity contribution is 6.83. The van der Waals surface area contributed by atoms with Crippen LogP contribution in [0.25, 0.3) is 11.0 Å². The van der Waals surface area contributed by atoms with Gasteiger partial charge in [0.05, 0.1) is 38.3 Å². The quantitative estimate of drug-likeness (QED) is 0.0405. The fourth-order valence-corrected chi connectivity index (χ4v) is 8.95. The summed E-state index contributed by atoms with van der Waals surface area (Å²) in [6.45, 7) is 19.4. The molecule has 0 unspecified atom stereocenters. The van der Waals surface area contributed by atoms with Gasteiger partial charge >= 0.3 is 0 Å². The van der Waals surface area contributed by atoms with Gasteiger partial charge in [0.15, 0.2) is 26.0 Å². The van der Waals surface area contributed by atoms with Crippen molar-refractivity contribution in [3.8, 4) is 23.0 Å². The van der Waals surface area contributed by atoms with Crippen LogP contribution in [0.15, 0.2) is 90.2 Å². The maximum Gasteiger partial charge on any atom is 0.192 e. The number of nitrogens with zero attached hydrogens (tertiary/aromatic N) is 6. The maximum atomic E-state index is 12.5. The summed E-state index contributed by atoms with van der Waals surface area (Å²) >= 11 is 0. The SMILES string of the molecule is COc1ccc(C(OC[C@H]2O[C@@H](n3nc(CC#C[Si](C)(C)C)c4c(/N=C(\C)N(C)C)ncnc43)[C@H](O[Si](C)(C)C(C)(C)C)[C@@H]2O)(c2ccccc2)c2ccc(OC)cc2)cc1. The van der Waals surface area contributed by atoms with E-state index in [0.717, 1.165) is 34.0 Å². The number of aliphatic hydroxyl groups is 1. The summed E-state index contributed by atoms with van der Waals surface area (Å²) in [5.41, 5.74) is 6.16. The van der Waals surface area contributed by atoms with Gasteiger partial charge in [-0.2, -0.15) is 5.10 Å². The third-order valence-corrected chi connectivity index (χ3v) is 17.0. The predicted octanol–water partition coefficient (Wildman–Crippen LogP) is 8.54. The number of rotatable bonds is 13. The summed E-state index contributed by atoms with van der Waals surface area (Å²) in [6, 6.07) is 25.8. The molecule has 1 aliphatic rings. The zero-order chi connectivity index (χ0) is 44.3. The molecule has 6 rings (SSSR count). The molecule has 0 spiro atoms. The summed E-state index contributed by atoms with van der Waals surface area (Å²) in [4.78, 5) is 16.2. The Kier molecular flexibility index (Phi) is 13.6. The van der Waals surface area contributed by atoms with Crippen LogP contribution >= 0.6 is 0 Å². The lowest BCUT2D eigenvalue weighted by Crippen LogP contribution is -2.49. The molecule has 0 amide bonds. The van der Waals surface area contributed by atoms with Crippen LogP contribution in [0.1, 0.15) is 56.3 Å². The van der Waals surface area contributed by atoms with Crippen molar-refractivity contribution >= 4 is 39.1 Å². The van der Waals surface area contributed by atoms with Gasteiger partial charge in [0.2, 0.25) is 0 Å². The number of aliphatic hydroxyl groups excluding tert-OH is 1. The first-order valence-electron chi connectivity index (χ1n) is 20.7. The Hall–Kier alpha value is -4.89. The van der Waals surface area contributed by atoms with Gasteiger partial charge in [-0.25, -0.2) is 19.6 Å². The second-order valence-corrected chi connectivity index (χ2v) is 27.8. The van der Waals surface area contributed by atoms with Crippen LogP contribution in [0.4, 0.5) is 5.82 Å². The number of ether oxygens (including phenoxy) is 4. The fourth-order valence-electron chi connectivity index (χ4n) is 7.04. The lowest BCUT2D eigenvalue weighted by molar-refractivity contribution is -0.0964. The van der Waals surface area contributed by atoms with Crippen LogP contribution in [0.5, 0.6) is 11.5 Å². The number of aromatic nitrogens is 4. The molecule has 3 aromatic carbocycles. The van der Waals surface area contributed by atoms with E-state index < -0.39 is 46.5 Å². The van der Waals surface area contributed by atoms with Gasteiger partial charge in [-0.05, 0) is 66.0 Å². The van der Waals surface area contributed by atoms with Crippen LogP contribution in [0.3, 0.4) is 0 Å². The van der Waals surface area contributed by atoms with Crippen molar-refractivity contribution in [1.29, 1.82) is 0 Å². The van der Waals surface area contributed by atoms with Crippen LogP contribution in [-0.2, 0) is 25.9 Å². The van der Waals surface area contributed by atoms with Gasteiger partial charge < -0.3 is 33.4 Å². The number of fused-ring (bicyclic) bond motifs is 1. The van der Waals surface area contributed by atoms with Crippen molar-refractivity contribution in [2.75, 3.05) is 34.9 Å². The van der Waals surface area contributed by atoms with Crippen molar-refractivity contribution in [3.05, 3.63) is 108 Å². The summed E-state index contributed by atoms with van der Waals surface area (Å²) in [7, 11) is 2.96. The molecule has 1 saturated heterocycles. The average Bonchev–Trinajstić information content (AvgIpc) is 3.74. The Balaban J connectivity index is 1.50. The molecule has 0 bridgehead atoms. The Bertz CT molecular complexity index is 2310. The van der Waals surface area contributed by atoms with Crippen molar-refractivity contribution in [3.63, 3.8) is 0 Å². The molecular weight excluding hydrogens is 801 g/mol. The maximum absolute atomic E-state index is 12.5. The van der Waals surface area contributed by atoms with Crippen LogP contribution in [0, 0.1) is 11.5 Å². The summed E-state index contributed by atoms with van der Waals surface area (Å²) in [5, 5.41) is 18.2. The molecular formula is C47H62N6O6Si2. The molecule has 61 heavy (non-hydrogen) atoms. The standard InChI is InChI=1S/C47H62N6O6Si2/c1-32(52(5)6)50-43-40-38(20-17-29-60(9,10)11)51-53(44(40)49-31-48-43)45-42(59-61(12,13)46(2,3)4)41(54)39(58-45)30-57-47(33-18-15-14-16-19-33,34-21-25-36(55-7)26-22-34)35-23-27-37(56-8)28-24-35/h14-16,18-19,21-28,31,39,41-42,45,54H,20,30H2,1-13H3/b50-32+/t39-,41-,42-,45-/m1/s1. The molecule has 12 nitrogen and oxygen atoms in total. The topological polar surface area (TPSA) is 126 Å². The third kappa shape index (κ3) is 9.78. The highest BCUT2D eigenvalue weighted by atomic mass is 28.4. The monoisotopic (exact) mass is 862 g/mol. The molecule has 1 fully saturated rings. The second-order valence-electron chi connectivity index (χ2n) is 18.3. The Morgan fingerprint density at radius 3 is 1.97 bits per heavy atom. The molecule has 1 aliphatic heterocycles. The van der Waals surface area contributed by atoms with Crippen LogP contribution in [-0.4, -0.2) is 105 Å². The first kappa shape index (κ1) is 45.6. The molecule has 0 saturated carbocycles. The van der Waals surface area contributed by atoms with E-state index in [1.165, 1.54) is 6.33 Å². The van der Waals surface area contributed by atoms with Crippen molar-refractivity contribution in [2.45, 2.75) is 102 Å². The first-order chi connectivity index (χ1) is 28.8. The van der Waals surface area contributed by atoms with E-state index in [2.05, 4.69) is 70.0 Å². The van der Waals surface area contributed by atoms with Crippen molar-refractivity contribution in [2.24, 2.45) is 4.99 Å². The zero-order valence-corrected chi connectivity index (χ0v) is 40.0. The van der Waals surface area contributed by atoms with Crippen LogP contribution in [0.2, 0.25) is 37.8 Å². The van der Waals surface area contributed by atoms with E-state index in [4.69, 9.17) is 38.4 Å². The van der Waals surface area contributed by atoms with E-state index in [9.17, 15) is 5.11 Å². The molecule has 14 heteroatoms. The van der Waals surface area contributed by atoms with Gasteiger partial charge in [-0.1, -0.05) is 95.0 Å². The largest absolute Gasteiger partial charge is 0.497 e. The van der Waals surface area contributed by atoms with E-state index in [1.54, 1.807) is 18.9 Å². The van der Waals surface area contributed by atoms with Gasteiger partial charge in [0.1, 0.15) is 55.6 Å². The molecule has 324 valence electrons. The van der Waals surface area contributed by atoms with Crippen molar-refractivity contribution < 1.29 is 28.5 Å². The smallest absolute Gasteiger partial charge is 0.192 e. The first-order valence-corrected chi connectivity index (χ1v) is 27.1. The molecule has 1 N–H and O–H groups in total. The molecule has 5 aromatic rings. The van der Waals surface area contributed by atoms with E-state index in [0.29, 0.717) is 29.0 Å². The molecule has 0 aliphatic carbocycles. The minimum Gasteiger partial charge on any atom is -0.497 e. The van der Waals surface area contributed by atoms with E-state index in [-0.39, 0.29) is 11.6 Å². The molecule has 0 radical (unpaired) electrons. The molecule has 2 aromatic heterocycles. The number of aliphatic imine (C=N–C) groups is 1. The average molecular weight is 863 g/mol. The number of methoxy groups -OCH3 is 2. The highest BCUT2D eigenvalue weighted by Crippen LogP contribution is 2.46. The van der Waals surface area contributed by atoms with Gasteiger partial charge in [-0.3, -0.25) is 0 Å². The zero-order valence-electron chi connectivity index (χ0n) is 38.0. The van der Waals surface area contributed by atoms with Crippen LogP contribution < -0.4 is 9.47 Å². The van der Waals surface area contributed by atoms with Gasteiger partial charge in [0.25, 0.3) is 0 Å². The fraction of sp³-hybridized carbons (Fsp3) is 0.447. The lowest BCUT2D eigenvalue weighted by atomic mass is 9.80. The number of amidine groups is 1. The Morgan fingerprint density at radius 2 is 1.44 bits per heavy atom. The third-order valence-electron chi connectivity index (χ3n) is 11.6. The number of hydrogen-bond acceptors (Lipinski definition) is 10. The minimum atomic E-state index is -2.52. The number of hydrogen-bond donors (Lipinski definition) is 1.